The van der Waals surface area contributed by atoms with Crippen LogP contribution in [0.3, 0.4) is 0 Å². The molecular formula is C11H15NO7S. The minimum atomic E-state index is -2.69. The van der Waals surface area contributed by atoms with Gasteiger partial charge >= 0.3 is 5.31 Å². The SMILES string of the molecule is CC(O)NC(O)C(O)(O)c1ccc2c(c1)OC(O)(S)O2. The molecule has 2 rings (SSSR count). The van der Waals surface area contributed by atoms with Crippen LogP contribution in [0.25, 0.3) is 0 Å². The minimum absolute atomic E-state index is 0.0247. The van der Waals surface area contributed by atoms with Crippen molar-refractivity contribution in [1.29, 1.82) is 0 Å². The zero-order chi connectivity index (χ0) is 15.1. The molecule has 1 aliphatic rings. The minimum Gasteiger partial charge on any atom is -0.418 e. The smallest absolute Gasteiger partial charge is 0.418 e. The summed E-state index contributed by atoms with van der Waals surface area (Å²) in [5, 5.41) is 48.0. The molecule has 0 aliphatic carbocycles. The highest BCUT2D eigenvalue weighted by atomic mass is 32.1. The molecule has 0 bridgehead atoms. The van der Waals surface area contributed by atoms with Gasteiger partial charge < -0.3 is 35.0 Å². The molecule has 0 saturated heterocycles. The average Bonchev–Trinajstić information content (AvgIpc) is 2.60. The Labute approximate surface area is 119 Å². The molecule has 1 heterocycles. The zero-order valence-corrected chi connectivity index (χ0v) is 11.3. The number of aliphatic hydroxyl groups excluding tert-OH is 2. The van der Waals surface area contributed by atoms with E-state index in [1.165, 1.54) is 19.1 Å². The summed E-state index contributed by atoms with van der Waals surface area (Å²) >= 11 is 3.68. The van der Waals surface area contributed by atoms with Crippen LogP contribution < -0.4 is 14.8 Å². The lowest BCUT2D eigenvalue weighted by atomic mass is 10.0. The van der Waals surface area contributed by atoms with Crippen LogP contribution in [-0.4, -0.2) is 43.3 Å². The molecule has 6 N–H and O–H groups in total. The van der Waals surface area contributed by atoms with Gasteiger partial charge in [0.15, 0.2) is 17.7 Å². The van der Waals surface area contributed by atoms with Crippen LogP contribution in [0.2, 0.25) is 0 Å². The number of rotatable bonds is 4. The summed E-state index contributed by atoms with van der Waals surface area (Å²) in [6, 6.07) is 3.73. The zero-order valence-electron chi connectivity index (χ0n) is 10.4. The van der Waals surface area contributed by atoms with E-state index in [2.05, 4.69) is 17.9 Å². The van der Waals surface area contributed by atoms with Crippen molar-refractivity contribution >= 4 is 12.6 Å². The van der Waals surface area contributed by atoms with E-state index >= 15 is 0 Å². The predicted molar refractivity (Wildman–Crippen MR) is 68.6 cm³/mol. The van der Waals surface area contributed by atoms with Crippen LogP contribution in [0.1, 0.15) is 12.5 Å². The van der Waals surface area contributed by atoms with Crippen LogP contribution in [-0.2, 0) is 5.79 Å². The first-order valence-corrected chi connectivity index (χ1v) is 6.11. The molecule has 9 heteroatoms. The lowest BCUT2D eigenvalue weighted by molar-refractivity contribution is -0.249. The van der Waals surface area contributed by atoms with Crippen LogP contribution in [0.4, 0.5) is 0 Å². The molecular weight excluding hydrogens is 290 g/mol. The highest BCUT2D eigenvalue weighted by Gasteiger charge is 2.40. The lowest BCUT2D eigenvalue weighted by Crippen LogP contribution is -2.51. The molecule has 0 amide bonds. The Kier molecular flexibility index (Phi) is 3.86. The van der Waals surface area contributed by atoms with Gasteiger partial charge in [-0.25, -0.2) is 0 Å². The highest BCUT2D eigenvalue weighted by Crippen LogP contribution is 2.41. The maximum absolute atomic E-state index is 9.92. The number of thiol groups is 1. The molecule has 0 aromatic heterocycles. The molecule has 0 radical (unpaired) electrons. The van der Waals surface area contributed by atoms with Crippen molar-refractivity contribution in [1.82, 2.24) is 5.32 Å². The van der Waals surface area contributed by atoms with Crippen molar-refractivity contribution < 1.29 is 35.0 Å². The van der Waals surface area contributed by atoms with Gasteiger partial charge in [0.05, 0.1) is 0 Å². The largest absolute Gasteiger partial charge is 0.422 e. The second kappa shape index (κ2) is 5.04. The Morgan fingerprint density at radius 3 is 2.45 bits per heavy atom. The third kappa shape index (κ3) is 2.99. The molecule has 1 aliphatic heterocycles. The Balaban J connectivity index is 2.26. The summed E-state index contributed by atoms with van der Waals surface area (Å²) in [7, 11) is 0. The van der Waals surface area contributed by atoms with Crippen molar-refractivity contribution in [3.8, 4) is 11.5 Å². The molecule has 0 saturated carbocycles. The Bertz CT molecular complexity index is 506. The van der Waals surface area contributed by atoms with Gasteiger partial charge in [0, 0.05) is 5.56 Å². The summed E-state index contributed by atoms with van der Waals surface area (Å²) in [4.78, 5) is 0. The van der Waals surface area contributed by atoms with Crippen LogP contribution in [0.15, 0.2) is 18.2 Å². The lowest BCUT2D eigenvalue weighted by Gasteiger charge is -2.29. The van der Waals surface area contributed by atoms with Crippen molar-refractivity contribution in [2.24, 2.45) is 0 Å². The van der Waals surface area contributed by atoms with Crippen molar-refractivity contribution in [2.75, 3.05) is 0 Å². The fourth-order valence-electron chi connectivity index (χ4n) is 1.71. The first kappa shape index (κ1) is 15.3. The van der Waals surface area contributed by atoms with E-state index in [0.29, 0.717) is 0 Å². The summed E-state index contributed by atoms with van der Waals surface area (Å²) in [5.74, 6) is -2.51. The van der Waals surface area contributed by atoms with Gasteiger partial charge in [-0.3, -0.25) is 5.32 Å². The van der Waals surface area contributed by atoms with Gasteiger partial charge in [0.25, 0.3) is 0 Å². The van der Waals surface area contributed by atoms with Crippen LogP contribution in [0.5, 0.6) is 11.5 Å². The van der Waals surface area contributed by atoms with E-state index in [1.54, 1.807) is 0 Å². The highest BCUT2D eigenvalue weighted by molar-refractivity contribution is 7.81. The third-order valence-corrected chi connectivity index (χ3v) is 2.82. The summed E-state index contributed by atoms with van der Waals surface area (Å²) in [5.41, 5.74) is -0.133. The predicted octanol–water partition coefficient (Wildman–Crippen LogP) is -1.63. The second-order valence-electron chi connectivity index (χ2n) is 4.39. The monoisotopic (exact) mass is 305 g/mol. The summed E-state index contributed by atoms with van der Waals surface area (Å²) < 4.78 is 9.82. The van der Waals surface area contributed by atoms with Crippen LogP contribution in [0, 0.1) is 0 Å². The molecule has 20 heavy (non-hydrogen) atoms. The molecule has 112 valence electrons. The van der Waals surface area contributed by atoms with E-state index in [9.17, 15) is 20.4 Å². The number of fused-ring (bicyclic) bond motifs is 1. The second-order valence-corrected chi connectivity index (χ2v) is 4.95. The van der Waals surface area contributed by atoms with Gasteiger partial charge in [0.2, 0.25) is 5.79 Å². The topological polar surface area (TPSA) is 132 Å². The van der Waals surface area contributed by atoms with Crippen molar-refractivity contribution in [2.45, 2.75) is 30.5 Å². The van der Waals surface area contributed by atoms with Gasteiger partial charge in [-0.15, -0.1) is 0 Å². The summed E-state index contributed by atoms with van der Waals surface area (Å²) in [6.45, 7) is 1.31. The first-order chi connectivity index (χ1) is 9.12. The van der Waals surface area contributed by atoms with Gasteiger partial charge in [-0.1, -0.05) is 12.6 Å². The number of benzene rings is 1. The van der Waals surface area contributed by atoms with Crippen molar-refractivity contribution in [3.05, 3.63) is 23.8 Å². The quantitative estimate of drug-likeness (QED) is 0.261. The molecule has 1 aromatic rings. The standard InChI is InChI=1S/C11H15NO7S/c1-5(13)12-9(14)10(15,16)6-2-3-7-8(4-6)19-11(17,20)18-7/h2-5,9,12-17,20H,1H3. The maximum atomic E-state index is 9.92. The number of aliphatic hydroxyl groups is 5. The first-order valence-electron chi connectivity index (χ1n) is 5.66. The Hall–Kier alpha value is -1.07. The van der Waals surface area contributed by atoms with Gasteiger partial charge in [-0.05, 0) is 25.1 Å². The van der Waals surface area contributed by atoms with E-state index in [-0.39, 0.29) is 17.1 Å². The molecule has 0 spiro atoms. The number of hydrogen-bond donors (Lipinski definition) is 7. The van der Waals surface area contributed by atoms with Crippen molar-refractivity contribution in [3.63, 3.8) is 0 Å². The molecule has 1 aromatic carbocycles. The Morgan fingerprint density at radius 1 is 1.25 bits per heavy atom. The van der Waals surface area contributed by atoms with E-state index in [4.69, 9.17) is 14.6 Å². The van der Waals surface area contributed by atoms with E-state index in [0.717, 1.165) is 6.07 Å². The van der Waals surface area contributed by atoms with E-state index < -0.39 is 23.5 Å². The average molecular weight is 305 g/mol. The molecule has 3 unspecified atom stereocenters. The van der Waals surface area contributed by atoms with Gasteiger partial charge in [0.1, 0.15) is 6.23 Å². The fourth-order valence-corrected chi connectivity index (χ4v) is 1.91. The molecule has 0 fully saturated rings. The number of hydrogen-bond acceptors (Lipinski definition) is 9. The summed E-state index contributed by atoms with van der Waals surface area (Å²) in [6.07, 6.45) is -3.00. The normalized spacial score (nSPS) is 24.6. The Morgan fingerprint density at radius 2 is 1.85 bits per heavy atom. The molecule has 3 atom stereocenters. The van der Waals surface area contributed by atoms with Crippen LogP contribution >= 0.6 is 12.6 Å². The maximum Gasteiger partial charge on any atom is 0.422 e. The van der Waals surface area contributed by atoms with E-state index in [1.807, 2.05) is 0 Å². The van der Waals surface area contributed by atoms with Gasteiger partial charge in [-0.2, -0.15) is 0 Å². The number of nitrogens with one attached hydrogen (secondary N) is 1. The number of ether oxygens (including phenoxy) is 2. The third-order valence-electron chi connectivity index (χ3n) is 2.63. The molecule has 8 nitrogen and oxygen atoms in total. The fraction of sp³-hybridized carbons (Fsp3) is 0.455.